The number of nitrogens with zero attached hydrogens (tertiary/aromatic N) is 2. The third-order valence-electron chi connectivity index (χ3n) is 3.91. The van der Waals surface area contributed by atoms with E-state index in [1.807, 2.05) is 25.8 Å². The number of carbonyl (C=O) groups excluding carboxylic acids is 1. The Morgan fingerprint density at radius 2 is 2.33 bits per heavy atom. The number of morpholine rings is 1. The van der Waals surface area contributed by atoms with Crippen LogP contribution in [0.5, 0.6) is 0 Å². The van der Waals surface area contributed by atoms with Crippen molar-refractivity contribution in [3.63, 3.8) is 0 Å². The molecule has 3 rings (SSSR count). The molecule has 3 aliphatic rings. The molecular weight excluding hydrogens is 338 g/mol. The molecule has 7 heteroatoms. The van der Waals surface area contributed by atoms with Crippen molar-refractivity contribution in [2.75, 3.05) is 26.2 Å². The second-order valence-corrected chi connectivity index (χ2v) is 7.58. The van der Waals surface area contributed by atoms with Gasteiger partial charge in [-0.2, -0.15) is 0 Å². The van der Waals surface area contributed by atoms with Crippen molar-refractivity contribution >= 4 is 22.0 Å². The Balaban J connectivity index is 1.82. The Morgan fingerprint density at radius 3 is 2.95 bits per heavy atom. The molecule has 0 bridgehead atoms. The van der Waals surface area contributed by atoms with Crippen molar-refractivity contribution in [1.29, 1.82) is 0 Å². The molecule has 0 aliphatic carbocycles. The zero-order valence-corrected chi connectivity index (χ0v) is 14.3. The molecule has 118 valence electrons. The number of hydrazine groups is 1. The molecule has 21 heavy (non-hydrogen) atoms. The minimum Gasteiger partial charge on any atom is -0.442 e. The van der Waals surface area contributed by atoms with Crippen LogP contribution in [-0.2, 0) is 9.47 Å². The zero-order chi connectivity index (χ0) is 15.3. The highest BCUT2D eigenvalue weighted by molar-refractivity contribution is 9.09. The van der Waals surface area contributed by atoms with Gasteiger partial charge < -0.3 is 14.8 Å². The quantitative estimate of drug-likeness (QED) is 0.528. The van der Waals surface area contributed by atoms with Crippen LogP contribution >= 0.6 is 15.9 Å². The third-order valence-corrected chi connectivity index (χ3v) is 4.56. The van der Waals surface area contributed by atoms with Crippen molar-refractivity contribution < 1.29 is 14.3 Å². The molecule has 3 aliphatic heterocycles. The predicted molar refractivity (Wildman–Crippen MR) is 81.7 cm³/mol. The lowest BCUT2D eigenvalue weighted by atomic mass is 9.96. The van der Waals surface area contributed by atoms with Gasteiger partial charge in [0.25, 0.3) is 0 Å². The first-order valence-electron chi connectivity index (χ1n) is 7.33. The molecular formula is C14H22BrN3O3. The van der Waals surface area contributed by atoms with Crippen molar-refractivity contribution in [2.24, 2.45) is 0 Å². The van der Waals surface area contributed by atoms with E-state index in [0.29, 0.717) is 13.2 Å². The highest BCUT2D eigenvalue weighted by Gasteiger charge is 2.50. The standard InChI is InChI=1S/C14H22BrN3O3/c1-13(2,3)21-12(19)18-11(15)8-10-14(4-5-16-9-14)20-7-6-17(10)18/h8,11,16H,4-7,9H2,1-3H3. The van der Waals surface area contributed by atoms with Gasteiger partial charge in [0.1, 0.15) is 16.2 Å². The van der Waals surface area contributed by atoms with Crippen molar-refractivity contribution in [2.45, 2.75) is 43.3 Å². The van der Waals surface area contributed by atoms with Gasteiger partial charge in [0.2, 0.25) is 0 Å². The van der Waals surface area contributed by atoms with Gasteiger partial charge in [-0.3, -0.25) is 5.01 Å². The first-order valence-corrected chi connectivity index (χ1v) is 8.25. The number of ether oxygens (including phenoxy) is 2. The van der Waals surface area contributed by atoms with E-state index in [4.69, 9.17) is 9.47 Å². The fourth-order valence-corrected chi connectivity index (χ4v) is 3.71. The average Bonchev–Trinajstić information content (AvgIpc) is 2.93. The van der Waals surface area contributed by atoms with Crippen LogP contribution in [0.1, 0.15) is 27.2 Å². The van der Waals surface area contributed by atoms with Gasteiger partial charge in [-0.1, -0.05) is 15.9 Å². The Labute approximate surface area is 133 Å². The summed E-state index contributed by atoms with van der Waals surface area (Å²) in [7, 11) is 0. The van der Waals surface area contributed by atoms with E-state index in [0.717, 1.165) is 25.2 Å². The zero-order valence-electron chi connectivity index (χ0n) is 12.7. The number of amides is 1. The summed E-state index contributed by atoms with van der Waals surface area (Å²) in [6, 6.07) is 0. The van der Waals surface area contributed by atoms with Crippen molar-refractivity contribution in [1.82, 2.24) is 15.3 Å². The second kappa shape index (κ2) is 5.14. The fourth-order valence-electron chi connectivity index (χ4n) is 3.07. The molecule has 1 amide bonds. The highest BCUT2D eigenvalue weighted by Crippen LogP contribution is 2.41. The van der Waals surface area contributed by atoms with E-state index in [9.17, 15) is 4.79 Å². The van der Waals surface area contributed by atoms with Gasteiger partial charge >= 0.3 is 6.09 Å². The number of rotatable bonds is 0. The number of carbonyl (C=O) groups is 1. The molecule has 2 saturated heterocycles. The first kappa shape index (κ1) is 15.1. The largest absolute Gasteiger partial charge is 0.442 e. The fraction of sp³-hybridized carbons (Fsp3) is 0.786. The maximum atomic E-state index is 12.5. The summed E-state index contributed by atoms with van der Waals surface area (Å²) in [4.78, 5) is 12.3. The van der Waals surface area contributed by atoms with Crippen LogP contribution in [0, 0.1) is 0 Å². The molecule has 1 spiro atoms. The van der Waals surface area contributed by atoms with Gasteiger partial charge in [-0.25, -0.2) is 9.80 Å². The molecule has 6 nitrogen and oxygen atoms in total. The lowest BCUT2D eigenvalue weighted by Gasteiger charge is -2.44. The van der Waals surface area contributed by atoms with Gasteiger partial charge in [0.15, 0.2) is 0 Å². The third kappa shape index (κ3) is 2.66. The van der Waals surface area contributed by atoms with E-state index in [-0.39, 0.29) is 16.6 Å². The van der Waals surface area contributed by atoms with Crippen LogP contribution in [0.2, 0.25) is 0 Å². The molecule has 0 radical (unpaired) electrons. The molecule has 0 aromatic heterocycles. The van der Waals surface area contributed by atoms with E-state index in [2.05, 4.69) is 27.3 Å². The van der Waals surface area contributed by atoms with Crippen LogP contribution in [0.4, 0.5) is 4.79 Å². The number of hydrogen-bond acceptors (Lipinski definition) is 5. The molecule has 2 atom stereocenters. The van der Waals surface area contributed by atoms with Gasteiger partial charge in [0.05, 0.1) is 18.8 Å². The summed E-state index contributed by atoms with van der Waals surface area (Å²) in [5.74, 6) is 0. The molecule has 0 aromatic rings. The Hall–Kier alpha value is -0.790. The number of halogens is 1. The summed E-state index contributed by atoms with van der Waals surface area (Å²) in [5.41, 5.74) is 0.249. The average molecular weight is 360 g/mol. The van der Waals surface area contributed by atoms with Gasteiger partial charge in [-0.05, 0) is 39.8 Å². The summed E-state index contributed by atoms with van der Waals surface area (Å²) >= 11 is 3.56. The second-order valence-electron chi connectivity index (χ2n) is 6.64. The molecule has 0 aromatic carbocycles. The monoisotopic (exact) mass is 359 g/mol. The van der Waals surface area contributed by atoms with Crippen molar-refractivity contribution in [3.8, 4) is 0 Å². The van der Waals surface area contributed by atoms with Crippen LogP contribution < -0.4 is 5.32 Å². The van der Waals surface area contributed by atoms with Crippen LogP contribution in [0.25, 0.3) is 0 Å². The number of alkyl halides is 1. The Bertz CT molecular complexity index is 469. The SMILES string of the molecule is CC(C)(C)OC(=O)N1C(Br)C=C2N1CCOC21CCNC1. The smallest absolute Gasteiger partial charge is 0.430 e. The van der Waals surface area contributed by atoms with Crippen molar-refractivity contribution in [3.05, 3.63) is 11.8 Å². The lowest BCUT2D eigenvalue weighted by Crippen LogP contribution is -2.56. The first-order chi connectivity index (χ1) is 9.82. The number of nitrogens with one attached hydrogen (secondary N) is 1. The van der Waals surface area contributed by atoms with E-state index in [1.54, 1.807) is 5.01 Å². The predicted octanol–water partition coefficient (Wildman–Crippen LogP) is 1.82. The molecule has 2 fully saturated rings. The lowest BCUT2D eigenvalue weighted by molar-refractivity contribution is -0.110. The molecule has 2 unspecified atom stereocenters. The number of hydrogen-bond donors (Lipinski definition) is 1. The van der Waals surface area contributed by atoms with Gasteiger partial charge in [-0.15, -0.1) is 0 Å². The molecule has 1 N–H and O–H groups in total. The van der Waals surface area contributed by atoms with Crippen LogP contribution in [0.15, 0.2) is 11.8 Å². The van der Waals surface area contributed by atoms with Crippen LogP contribution in [0.3, 0.4) is 0 Å². The molecule has 0 saturated carbocycles. The van der Waals surface area contributed by atoms with E-state index >= 15 is 0 Å². The normalized spacial score (nSPS) is 32.4. The van der Waals surface area contributed by atoms with Gasteiger partial charge in [0, 0.05) is 6.54 Å². The number of fused-ring (bicyclic) bond motifs is 2. The summed E-state index contributed by atoms with van der Waals surface area (Å²) in [5, 5.41) is 7.00. The minimum absolute atomic E-state index is 0.193. The maximum absolute atomic E-state index is 12.5. The Morgan fingerprint density at radius 1 is 1.57 bits per heavy atom. The summed E-state index contributed by atoms with van der Waals surface area (Å²) in [6.07, 6.45) is 2.64. The van der Waals surface area contributed by atoms with E-state index in [1.165, 1.54) is 0 Å². The summed E-state index contributed by atoms with van der Waals surface area (Å²) in [6.45, 7) is 8.62. The van der Waals surface area contributed by atoms with Crippen LogP contribution in [-0.4, -0.2) is 58.5 Å². The topological polar surface area (TPSA) is 54.0 Å². The molecule has 3 heterocycles. The minimum atomic E-state index is -0.508. The Kier molecular flexibility index (Phi) is 3.70. The highest BCUT2D eigenvalue weighted by atomic mass is 79.9. The summed E-state index contributed by atoms with van der Waals surface area (Å²) < 4.78 is 11.6. The van der Waals surface area contributed by atoms with E-state index < -0.39 is 5.60 Å². The maximum Gasteiger partial charge on any atom is 0.430 e.